The third-order valence-corrected chi connectivity index (χ3v) is 3.76. The van der Waals surface area contributed by atoms with Crippen LogP contribution in [-0.4, -0.2) is 0 Å². The first-order valence-corrected chi connectivity index (χ1v) is 6.40. The van der Waals surface area contributed by atoms with Gasteiger partial charge in [-0.15, -0.1) is 0 Å². The van der Waals surface area contributed by atoms with Gasteiger partial charge in [0, 0.05) is 3.57 Å². The third-order valence-electron chi connectivity index (χ3n) is 2.19. The lowest BCUT2D eigenvalue weighted by molar-refractivity contribution is 0.929. The maximum Gasteiger partial charge on any atom is 0.0968 e. The van der Waals surface area contributed by atoms with Gasteiger partial charge in [0.15, 0.2) is 0 Å². The molecular weight excluding hydrogens is 335 g/mol. The fourth-order valence-corrected chi connectivity index (χ4v) is 1.85. The fraction of sp³-hybridized carbons (Fsp3) is 0.250. The number of hydrogen-bond acceptors (Lipinski definition) is 2. The maximum absolute atomic E-state index is 8.99. The van der Waals surface area contributed by atoms with Crippen molar-refractivity contribution in [3.8, 4) is 6.07 Å². The number of nitrogens with two attached hydrogens (primary N) is 1. The zero-order valence-electron chi connectivity index (χ0n) is 8.93. The van der Waals surface area contributed by atoms with Gasteiger partial charge < -0.3 is 5.73 Å². The smallest absolute Gasteiger partial charge is 0.0968 e. The number of nitrogens with zero attached hydrogens (tertiary/aromatic N) is 1. The predicted octanol–water partition coefficient (Wildman–Crippen LogP) is 3.94. The summed E-state index contributed by atoms with van der Waals surface area (Å²) < 4.78 is 0.977. The van der Waals surface area contributed by atoms with Crippen LogP contribution in [0.4, 0.5) is 0 Å². The van der Waals surface area contributed by atoms with Crippen LogP contribution in [0.1, 0.15) is 25.3 Å². The molecule has 1 rings (SSSR count). The first-order valence-electron chi connectivity index (χ1n) is 4.94. The summed E-state index contributed by atoms with van der Waals surface area (Å²) in [5.41, 5.74) is 7.92. The minimum absolute atomic E-state index is 0.530. The molecule has 0 unspecified atom stereocenters. The molecule has 0 saturated carbocycles. The van der Waals surface area contributed by atoms with Crippen LogP contribution in [-0.2, 0) is 0 Å². The quantitative estimate of drug-likeness (QED) is 0.666. The van der Waals surface area contributed by atoms with E-state index in [1.165, 1.54) is 0 Å². The fourth-order valence-electron chi connectivity index (χ4n) is 1.34. The number of rotatable bonds is 3. The molecule has 2 nitrogen and oxygen atoms in total. The van der Waals surface area contributed by atoms with Crippen LogP contribution < -0.4 is 5.73 Å². The van der Waals surface area contributed by atoms with Gasteiger partial charge in [-0.2, -0.15) is 5.26 Å². The molecule has 1 aromatic rings. The van der Waals surface area contributed by atoms with E-state index in [0.717, 1.165) is 15.6 Å². The first-order chi connectivity index (χ1) is 7.60. The Morgan fingerprint density at radius 3 is 2.75 bits per heavy atom. The lowest BCUT2D eigenvalue weighted by atomic mass is 10.0. The highest BCUT2D eigenvalue weighted by Gasteiger charge is 2.06. The summed E-state index contributed by atoms with van der Waals surface area (Å²) in [7, 11) is 0. The molecule has 0 amide bonds. The number of hydrogen-bond donors (Lipinski definition) is 1. The first kappa shape index (κ1) is 13.3. The van der Waals surface area contributed by atoms with Gasteiger partial charge in [-0.1, -0.05) is 31.0 Å². The predicted molar refractivity (Wildman–Crippen MR) is 75.8 cm³/mol. The van der Waals surface area contributed by atoms with Gasteiger partial charge in [-0.3, -0.25) is 0 Å². The number of benzene rings is 1. The molecule has 0 aliphatic carbocycles. The monoisotopic (exact) mass is 346 g/mol. The van der Waals surface area contributed by atoms with Gasteiger partial charge in [0.05, 0.1) is 22.4 Å². The van der Waals surface area contributed by atoms with Crippen LogP contribution >= 0.6 is 34.2 Å². The summed E-state index contributed by atoms with van der Waals surface area (Å²) in [6.45, 7) is 2.02. The van der Waals surface area contributed by atoms with E-state index in [9.17, 15) is 0 Å². The second kappa shape index (κ2) is 6.12. The van der Waals surface area contributed by atoms with Crippen molar-refractivity contribution in [2.75, 3.05) is 0 Å². The minimum Gasteiger partial charge on any atom is -0.397 e. The highest BCUT2D eigenvalue weighted by atomic mass is 127. The van der Waals surface area contributed by atoms with Crippen LogP contribution in [0, 0.1) is 14.9 Å². The lowest BCUT2D eigenvalue weighted by Crippen LogP contribution is -2.01. The van der Waals surface area contributed by atoms with Gasteiger partial charge in [-0.25, -0.2) is 0 Å². The summed E-state index contributed by atoms with van der Waals surface area (Å²) in [6.07, 6.45) is 1.60. The van der Waals surface area contributed by atoms with Crippen LogP contribution in [0.15, 0.2) is 23.8 Å². The molecule has 0 fully saturated rings. The summed E-state index contributed by atoms with van der Waals surface area (Å²) >= 11 is 8.17. The summed E-state index contributed by atoms with van der Waals surface area (Å²) in [4.78, 5) is 0. The Morgan fingerprint density at radius 2 is 2.25 bits per heavy atom. The number of nitriles is 1. The van der Waals surface area contributed by atoms with Crippen molar-refractivity contribution in [2.24, 2.45) is 5.73 Å². The molecule has 0 bridgehead atoms. The van der Waals surface area contributed by atoms with E-state index in [2.05, 4.69) is 28.7 Å². The summed E-state index contributed by atoms with van der Waals surface area (Å²) in [6, 6.07) is 7.72. The largest absolute Gasteiger partial charge is 0.397 e. The second-order valence-corrected chi connectivity index (χ2v) is 4.95. The molecule has 0 aliphatic heterocycles. The Bertz CT molecular complexity index is 461. The third kappa shape index (κ3) is 3.13. The van der Waals surface area contributed by atoms with Crippen molar-refractivity contribution >= 4 is 39.9 Å². The van der Waals surface area contributed by atoms with Crippen LogP contribution in [0.25, 0.3) is 5.70 Å². The molecule has 0 heterocycles. The van der Waals surface area contributed by atoms with Crippen LogP contribution in [0.5, 0.6) is 0 Å². The number of halogens is 2. The molecule has 0 saturated heterocycles. The highest BCUT2D eigenvalue weighted by molar-refractivity contribution is 14.1. The van der Waals surface area contributed by atoms with Gasteiger partial charge in [0.25, 0.3) is 0 Å². The SMILES string of the molecule is CCC/C(C#N)=C(/N)c1ccc(I)c(Cl)c1. The lowest BCUT2D eigenvalue weighted by Gasteiger charge is -2.06. The van der Waals surface area contributed by atoms with Crippen molar-refractivity contribution in [1.82, 2.24) is 0 Å². The molecule has 0 radical (unpaired) electrons. The standard InChI is InChI=1S/C12H12ClIN2/c1-2-3-9(7-15)12(16)8-4-5-11(14)10(13)6-8/h4-6H,2-3,16H2,1H3/b12-9-. The highest BCUT2D eigenvalue weighted by Crippen LogP contribution is 2.24. The Morgan fingerprint density at radius 1 is 1.56 bits per heavy atom. The molecule has 1 aromatic carbocycles. The molecule has 0 atom stereocenters. The van der Waals surface area contributed by atoms with E-state index < -0.39 is 0 Å². The van der Waals surface area contributed by atoms with Gasteiger partial charge in [-0.05, 0) is 46.7 Å². The Kier molecular flexibility index (Phi) is 5.10. The van der Waals surface area contributed by atoms with E-state index >= 15 is 0 Å². The minimum atomic E-state index is 0.530. The molecular formula is C12H12ClIN2. The molecule has 0 aromatic heterocycles. The van der Waals surface area contributed by atoms with Crippen molar-refractivity contribution in [3.05, 3.63) is 37.9 Å². The van der Waals surface area contributed by atoms with Gasteiger partial charge >= 0.3 is 0 Å². The van der Waals surface area contributed by atoms with E-state index in [-0.39, 0.29) is 0 Å². The van der Waals surface area contributed by atoms with E-state index in [4.69, 9.17) is 22.6 Å². The molecule has 0 spiro atoms. The Balaban J connectivity index is 3.17. The normalized spacial score (nSPS) is 11.9. The van der Waals surface area contributed by atoms with Crippen molar-refractivity contribution in [2.45, 2.75) is 19.8 Å². The topological polar surface area (TPSA) is 49.8 Å². The zero-order valence-corrected chi connectivity index (χ0v) is 11.8. The number of allylic oxidation sites excluding steroid dienone is 1. The van der Waals surface area contributed by atoms with E-state index in [0.29, 0.717) is 22.7 Å². The second-order valence-electron chi connectivity index (χ2n) is 3.38. The molecule has 0 aliphatic rings. The van der Waals surface area contributed by atoms with E-state index in [1.807, 2.05) is 19.1 Å². The molecule has 2 N–H and O–H groups in total. The Labute approximate surface area is 114 Å². The summed E-state index contributed by atoms with van der Waals surface area (Å²) in [5.74, 6) is 0. The van der Waals surface area contributed by atoms with Crippen molar-refractivity contribution < 1.29 is 0 Å². The summed E-state index contributed by atoms with van der Waals surface area (Å²) in [5, 5.41) is 9.65. The average molecular weight is 347 g/mol. The zero-order chi connectivity index (χ0) is 12.1. The van der Waals surface area contributed by atoms with Crippen molar-refractivity contribution in [1.29, 1.82) is 5.26 Å². The van der Waals surface area contributed by atoms with E-state index in [1.54, 1.807) is 6.07 Å². The Hall–Kier alpha value is -0.730. The van der Waals surface area contributed by atoms with Crippen molar-refractivity contribution in [3.63, 3.8) is 0 Å². The molecule has 4 heteroatoms. The maximum atomic E-state index is 8.99. The molecule has 84 valence electrons. The average Bonchev–Trinajstić information content (AvgIpc) is 2.28. The van der Waals surface area contributed by atoms with Gasteiger partial charge in [0.2, 0.25) is 0 Å². The van der Waals surface area contributed by atoms with Gasteiger partial charge in [0.1, 0.15) is 0 Å². The van der Waals surface area contributed by atoms with Crippen LogP contribution in [0.3, 0.4) is 0 Å². The molecule has 16 heavy (non-hydrogen) atoms. The van der Waals surface area contributed by atoms with Crippen LogP contribution in [0.2, 0.25) is 5.02 Å².